The van der Waals surface area contributed by atoms with E-state index in [1.165, 1.54) is 0 Å². The van der Waals surface area contributed by atoms with Crippen molar-refractivity contribution in [3.8, 4) is 0 Å². The van der Waals surface area contributed by atoms with Crippen molar-refractivity contribution in [2.45, 2.75) is 39.3 Å². The highest BCUT2D eigenvalue weighted by Gasteiger charge is 2.28. The maximum absolute atomic E-state index is 12.2. The topological polar surface area (TPSA) is 79.5 Å². The predicted molar refractivity (Wildman–Crippen MR) is 97.6 cm³/mol. The highest BCUT2D eigenvalue weighted by Crippen LogP contribution is 2.15. The summed E-state index contributed by atoms with van der Waals surface area (Å²) in [7, 11) is 0. The van der Waals surface area contributed by atoms with E-state index >= 15 is 0 Å². The van der Waals surface area contributed by atoms with Crippen LogP contribution in [0.1, 0.15) is 27.2 Å². The van der Waals surface area contributed by atoms with Crippen molar-refractivity contribution in [1.82, 2.24) is 5.32 Å². The third-order valence-corrected chi connectivity index (χ3v) is 3.63. The number of ether oxygens (including phenoxy) is 1. The minimum absolute atomic E-state index is 0. The monoisotopic (exact) mass is 355 g/mol. The molecule has 3 N–H and O–H groups in total. The van der Waals surface area contributed by atoms with Crippen molar-refractivity contribution < 1.29 is 14.3 Å². The average Bonchev–Trinajstić information content (AvgIpc) is 2.48. The van der Waals surface area contributed by atoms with Crippen LogP contribution in [-0.2, 0) is 14.3 Å². The number of morpholine rings is 1. The van der Waals surface area contributed by atoms with Gasteiger partial charge in [0.15, 0.2) is 0 Å². The van der Waals surface area contributed by atoms with Crippen molar-refractivity contribution >= 4 is 35.6 Å². The van der Waals surface area contributed by atoms with E-state index in [0.29, 0.717) is 31.2 Å². The number of benzene rings is 1. The van der Waals surface area contributed by atoms with Gasteiger partial charge in [-0.1, -0.05) is 13.8 Å². The third kappa shape index (κ3) is 6.11. The molecular formula is C17H26ClN3O3. The number of hydrogen-bond donors (Lipinski definition) is 3. The molecule has 2 atom stereocenters. The van der Waals surface area contributed by atoms with Crippen LogP contribution in [0, 0.1) is 5.92 Å². The van der Waals surface area contributed by atoms with Gasteiger partial charge in [0.05, 0.1) is 12.7 Å². The summed E-state index contributed by atoms with van der Waals surface area (Å²) in [5.74, 6) is 0.198. The molecule has 0 spiro atoms. The molecule has 0 radical (unpaired) electrons. The Kier molecular flexibility index (Phi) is 8.18. The molecule has 24 heavy (non-hydrogen) atoms. The molecule has 2 rings (SSSR count). The van der Waals surface area contributed by atoms with Crippen LogP contribution in [0.15, 0.2) is 24.3 Å². The Hall–Kier alpha value is -1.63. The Labute approximate surface area is 149 Å². The summed E-state index contributed by atoms with van der Waals surface area (Å²) in [5.41, 5.74) is 1.41. The summed E-state index contributed by atoms with van der Waals surface area (Å²) < 4.78 is 5.47. The van der Waals surface area contributed by atoms with E-state index in [2.05, 4.69) is 16.0 Å². The van der Waals surface area contributed by atoms with Gasteiger partial charge in [0.1, 0.15) is 6.04 Å². The molecule has 0 unspecified atom stereocenters. The molecule has 1 aromatic rings. The van der Waals surface area contributed by atoms with Crippen LogP contribution in [0.3, 0.4) is 0 Å². The fourth-order valence-corrected chi connectivity index (χ4v) is 2.47. The Bertz CT molecular complexity index is 549. The molecule has 0 bridgehead atoms. The Morgan fingerprint density at radius 1 is 1.21 bits per heavy atom. The van der Waals surface area contributed by atoms with E-state index in [1.807, 2.05) is 20.8 Å². The first-order chi connectivity index (χ1) is 11.0. The lowest BCUT2D eigenvalue weighted by Crippen LogP contribution is -2.53. The summed E-state index contributed by atoms with van der Waals surface area (Å²) in [6.45, 7) is 7.17. The van der Waals surface area contributed by atoms with Crippen molar-refractivity contribution in [2.75, 3.05) is 23.8 Å². The minimum atomic E-state index is -0.353. The molecule has 1 aromatic carbocycles. The first kappa shape index (κ1) is 20.4. The summed E-state index contributed by atoms with van der Waals surface area (Å²) in [5, 5.41) is 8.85. The van der Waals surface area contributed by atoms with Crippen molar-refractivity contribution in [1.29, 1.82) is 0 Å². The van der Waals surface area contributed by atoms with Gasteiger partial charge >= 0.3 is 0 Å². The van der Waals surface area contributed by atoms with Gasteiger partial charge in [0.25, 0.3) is 0 Å². The minimum Gasteiger partial charge on any atom is -0.375 e. The van der Waals surface area contributed by atoms with Crippen LogP contribution in [-0.4, -0.2) is 37.1 Å². The Morgan fingerprint density at radius 3 is 2.33 bits per heavy atom. The number of halogens is 1. The molecule has 0 saturated carbocycles. The Morgan fingerprint density at radius 2 is 1.79 bits per heavy atom. The Balaban J connectivity index is 0.00000288. The van der Waals surface area contributed by atoms with Crippen molar-refractivity contribution in [3.05, 3.63) is 24.3 Å². The molecule has 134 valence electrons. The highest BCUT2D eigenvalue weighted by atomic mass is 35.5. The quantitative estimate of drug-likeness (QED) is 0.757. The van der Waals surface area contributed by atoms with Crippen LogP contribution >= 0.6 is 12.4 Å². The summed E-state index contributed by atoms with van der Waals surface area (Å²) in [6.07, 6.45) is 0.335. The molecule has 1 saturated heterocycles. The van der Waals surface area contributed by atoms with Crippen LogP contribution in [0.5, 0.6) is 0 Å². The summed E-state index contributed by atoms with van der Waals surface area (Å²) in [4.78, 5) is 24.0. The van der Waals surface area contributed by atoms with Crippen LogP contribution < -0.4 is 16.0 Å². The third-order valence-electron chi connectivity index (χ3n) is 3.63. The largest absolute Gasteiger partial charge is 0.375 e. The first-order valence-electron chi connectivity index (χ1n) is 8.01. The van der Waals surface area contributed by atoms with Crippen molar-refractivity contribution in [3.63, 3.8) is 0 Å². The van der Waals surface area contributed by atoms with E-state index < -0.39 is 0 Å². The SMILES string of the molecule is CC(C)CC(=O)Nc1ccc(NC(=O)[C@H]2NCCO[C@@H]2C)cc1.Cl. The normalized spacial score (nSPS) is 20.2. The summed E-state index contributed by atoms with van der Waals surface area (Å²) in [6, 6.07) is 6.76. The molecular weight excluding hydrogens is 330 g/mol. The molecule has 2 amide bonds. The number of anilines is 2. The lowest BCUT2D eigenvalue weighted by Gasteiger charge is -2.29. The van der Waals surface area contributed by atoms with Gasteiger partial charge in [-0.2, -0.15) is 0 Å². The lowest BCUT2D eigenvalue weighted by atomic mass is 10.1. The maximum Gasteiger partial charge on any atom is 0.244 e. The number of carbonyl (C=O) groups excluding carboxylic acids is 2. The van der Waals surface area contributed by atoms with Gasteiger partial charge in [0, 0.05) is 24.3 Å². The fourth-order valence-electron chi connectivity index (χ4n) is 2.47. The molecule has 1 heterocycles. The highest BCUT2D eigenvalue weighted by molar-refractivity contribution is 5.96. The zero-order chi connectivity index (χ0) is 16.8. The smallest absolute Gasteiger partial charge is 0.244 e. The molecule has 7 heteroatoms. The maximum atomic E-state index is 12.2. The van der Waals surface area contributed by atoms with Gasteiger partial charge in [-0.15, -0.1) is 12.4 Å². The predicted octanol–water partition coefficient (Wildman–Crippen LogP) is 2.41. The van der Waals surface area contributed by atoms with E-state index in [9.17, 15) is 9.59 Å². The molecule has 1 aliphatic heterocycles. The average molecular weight is 356 g/mol. The second kappa shape index (κ2) is 9.61. The standard InChI is InChI=1S/C17H25N3O3.ClH/c1-11(2)10-15(21)19-13-4-6-14(7-5-13)20-17(22)16-12(3)23-9-8-18-16;/h4-7,11-12,16,18H,8-10H2,1-3H3,(H,19,21)(H,20,22);1H/t12-,16+;/m1./s1. The van der Waals surface area contributed by atoms with Crippen molar-refractivity contribution in [2.24, 2.45) is 5.92 Å². The van der Waals surface area contributed by atoms with Crippen LogP contribution in [0.4, 0.5) is 11.4 Å². The van der Waals surface area contributed by atoms with E-state index in [0.717, 1.165) is 5.69 Å². The van der Waals surface area contributed by atoms with Gasteiger partial charge in [-0.25, -0.2) is 0 Å². The zero-order valence-electron chi connectivity index (χ0n) is 14.3. The van der Waals surface area contributed by atoms with E-state index in [4.69, 9.17) is 4.74 Å². The number of nitrogens with one attached hydrogen (secondary N) is 3. The molecule has 0 aliphatic carbocycles. The van der Waals surface area contributed by atoms with E-state index in [-0.39, 0.29) is 36.4 Å². The van der Waals surface area contributed by atoms with Gasteiger partial charge in [0.2, 0.25) is 11.8 Å². The van der Waals surface area contributed by atoms with Gasteiger partial charge < -0.3 is 20.7 Å². The number of hydrogen-bond acceptors (Lipinski definition) is 4. The number of rotatable bonds is 5. The van der Waals surface area contributed by atoms with E-state index in [1.54, 1.807) is 24.3 Å². The number of carbonyl (C=O) groups is 2. The first-order valence-corrected chi connectivity index (χ1v) is 8.01. The molecule has 6 nitrogen and oxygen atoms in total. The molecule has 1 aliphatic rings. The fraction of sp³-hybridized carbons (Fsp3) is 0.529. The lowest BCUT2D eigenvalue weighted by molar-refractivity contribution is -0.123. The van der Waals surface area contributed by atoms with Crippen LogP contribution in [0.25, 0.3) is 0 Å². The molecule has 0 aromatic heterocycles. The van der Waals surface area contributed by atoms with Gasteiger partial charge in [-0.05, 0) is 37.1 Å². The second-order valence-corrected chi connectivity index (χ2v) is 6.22. The zero-order valence-corrected chi connectivity index (χ0v) is 15.1. The molecule has 1 fully saturated rings. The van der Waals surface area contributed by atoms with Crippen LogP contribution in [0.2, 0.25) is 0 Å². The van der Waals surface area contributed by atoms with Gasteiger partial charge in [-0.3, -0.25) is 9.59 Å². The summed E-state index contributed by atoms with van der Waals surface area (Å²) >= 11 is 0. The second-order valence-electron chi connectivity index (χ2n) is 6.22. The number of amides is 2.